The van der Waals surface area contributed by atoms with Crippen molar-refractivity contribution in [2.75, 3.05) is 37.6 Å². The highest BCUT2D eigenvalue weighted by atomic mass is 16.5. The molecule has 1 N–H and O–H groups in total. The number of anilines is 1. The number of carbonyl (C=O) groups excluding carboxylic acids is 1. The van der Waals surface area contributed by atoms with Crippen molar-refractivity contribution in [3.63, 3.8) is 0 Å². The first-order valence-electron chi connectivity index (χ1n) is 11.7. The number of benzene rings is 3. The highest BCUT2D eigenvalue weighted by Crippen LogP contribution is 2.18. The summed E-state index contributed by atoms with van der Waals surface area (Å²) < 4.78 is 5.99. The van der Waals surface area contributed by atoms with Crippen LogP contribution in [0.15, 0.2) is 78.9 Å². The molecule has 4 rings (SSSR count). The maximum atomic E-state index is 12.3. The zero-order valence-electron chi connectivity index (χ0n) is 19.5. The molecule has 1 saturated heterocycles. The number of amides is 1. The van der Waals surface area contributed by atoms with Crippen LogP contribution in [0.1, 0.15) is 28.4 Å². The van der Waals surface area contributed by atoms with E-state index in [1.165, 1.54) is 11.3 Å². The Kier molecular flexibility index (Phi) is 7.63. The van der Waals surface area contributed by atoms with Crippen LogP contribution < -0.4 is 15.0 Å². The zero-order valence-corrected chi connectivity index (χ0v) is 19.5. The van der Waals surface area contributed by atoms with Crippen molar-refractivity contribution < 1.29 is 9.53 Å². The molecule has 0 spiro atoms. The summed E-state index contributed by atoms with van der Waals surface area (Å²) in [6.07, 6.45) is -0.115. The van der Waals surface area contributed by atoms with Crippen LogP contribution in [-0.4, -0.2) is 49.6 Å². The van der Waals surface area contributed by atoms with E-state index >= 15 is 0 Å². The fraction of sp³-hybridized carbons (Fsp3) is 0.321. The molecule has 0 aromatic heterocycles. The molecule has 172 valence electrons. The third kappa shape index (κ3) is 6.59. The fourth-order valence-electron chi connectivity index (χ4n) is 4.05. The standard InChI is InChI=1S/C28H33N3O2/c1-22-8-12-25(13-9-22)28(32)29-20-23(2)33-27-14-10-24(11-15-27)21-30-16-18-31(19-17-30)26-6-4-3-5-7-26/h3-15,23H,16-21H2,1-2H3,(H,29,32). The molecular weight excluding hydrogens is 410 g/mol. The number of aryl methyl sites for hydroxylation is 1. The molecule has 33 heavy (non-hydrogen) atoms. The quantitative estimate of drug-likeness (QED) is 0.556. The third-order valence-electron chi connectivity index (χ3n) is 6.02. The van der Waals surface area contributed by atoms with Gasteiger partial charge in [-0.3, -0.25) is 9.69 Å². The number of hydrogen-bond acceptors (Lipinski definition) is 4. The lowest BCUT2D eigenvalue weighted by atomic mass is 10.1. The molecule has 0 aliphatic carbocycles. The van der Waals surface area contributed by atoms with Gasteiger partial charge in [0.2, 0.25) is 0 Å². The van der Waals surface area contributed by atoms with E-state index in [-0.39, 0.29) is 12.0 Å². The second-order valence-corrected chi connectivity index (χ2v) is 8.75. The van der Waals surface area contributed by atoms with Gasteiger partial charge < -0.3 is 15.0 Å². The van der Waals surface area contributed by atoms with E-state index in [4.69, 9.17) is 4.74 Å². The Labute approximate surface area is 197 Å². The molecule has 1 unspecified atom stereocenters. The maximum Gasteiger partial charge on any atom is 0.251 e. The molecule has 1 aliphatic rings. The van der Waals surface area contributed by atoms with Crippen molar-refractivity contribution in [1.82, 2.24) is 10.2 Å². The lowest BCUT2D eigenvalue weighted by Crippen LogP contribution is -2.45. The average Bonchev–Trinajstić information content (AvgIpc) is 2.85. The van der Waals surface area contributed by atoms with E-state index in [1.54, 1.807) is 0 Å². The van der Waals surface area contributed by atoms with Crippen LogP contribution >= 0.6 is 0 Å². The molecule has 1 fully saturated rings. The largest absolute Gasteiger partial charge is 0.489 e. The van der Waals surface area contributed by atoms with E-state index in [1.807, 2.05) is 50.2 Å². The molecule has 5 heteroatoms. The summed E-state index contributed by atoms with van der Waals surface area (Å²) in [5, 5.41) is 2.94. The Balaban J connectivity index is 1.20. The van der Waals surface area contributed by atoms with Gasteiger partial charge in [-0.25, -0.2) is 0 Å². The summed E-state index contributed by atoms with van der Waals surface area (Å²) in [5.74, 6) is 0.748. The third-order valence-corrected chi connectivity index (χ3v) is 6.02. The molecule has 5 nitrogen and oxygen atoms in total. The summed E-state index contributed by atoms with van der Waals surface area (Å²) in [5.41, 5.74) is 4.40. The van der Waals surface area contributed by atoms with Crippen LogP contribution in [0.2, 0.25) is 0 Å². The molecule has 0 radical (unpaired) electrons. The lowest BCUT2D eigenvalue weighted by molar-refractivity contribution is 0.0932. The first-order valence-corrected chi connectivity index (χ1v) is 11.7. The molecule has 0 saturated carbocycles. The highest BCUT2D eigenvalue weighted by molar-refractivity contribution is 5.94. The summed E-state index contributed by atoms with van der Waals surface area (Å²) in [7, 11) is 0. The van der Waals surface area contributed by atoms with Gasteiger partial charge in [-0.2, -0.15) is 0 Å². The summed E-state index contributed by atoms with van der Waals surface area (Å²) in [6, 6.07) is 26.5. The topological polar surface area (TPSA) is 44.8 Å². The molecule has 1 atom stereocenters. The van der Waals surface area contributed by atoms with Crippen molar-refractivity contribution in [1.29, 1.82) is 0 Å². The van der Waals surface area contributed by atoms with Gasteiger partial charge in [0, 0.05) is 44.0 Å². The SMILES string of the molecule is Cc1ccc(C(=O)NCC(C)Oc2ccc(CN3CCN(c4ccccc4)CC3)cc2)cc1. The minimum atomic E-state index is -0.115. The minimum absolute atomic E-state index is 0.0758. The normalized spacial score (nSPS) is 15.2. The van der Waals surface area contributed by atoms with Gasteiger partial charge >= 0.3 is 0 Å². The number of rotatable bonds is 8. The molecule has 3 aromatic carbocycles. The first kappa shape index (κ1) is 22.9. The van der Waals surface area contributed by atoms with Gasteiger partial charge in [-0.1, -0.05) is 48.0 Å². The fourth-order valence-corrected chi connectivity index (χ4v) is 4.05. The lowest BCUT2D eigenvalue weighted by Gasteiger charge is -2.36. The Hall–Kier alpha value is -3.31. The molecule has 1 heterocycles. The molecular formula is C28H33N3O2. The van der Waals surface area contributed by atoms with E-state index in [9.17, 15) is 4.79 Å². The average molecular weight is 444 g/mol. The van der Waals surface area contributed by atoms with Crippen LogP contribution in [0, 0.1) is 6.92 Å². The van der Waals surface area contributed by atoms with E-state index in [0.717, 1.165) is 44.0 Å². The monoisotopic (exact) mass is 443 g/mol. The van der Waals surface area contributed by atoms with Gasteiger partial charge in [-0.05, 0) is 55.8 Å². The minimum Gasteiger partial charge on any atom is -0.489 e. The van der Waals surface area contributed by atoms with Crippen molar-refractivity contribution in [3.05, 3.63) is 95.6 Å². The number of ether oxygens (including phenoxy) is 1. The van der Waals surface area contributed by atoms with E-state index < -0.39 is 0 Å². The van der Waals surface area contributed by atoms with Gasteiger partial charge in [-0.15, -0.1) is 0 Å². The Morgan fingerprint density at radius 1 is 0.909 bits per heavy atom. The second kappa shape index (κ2) is 11.0. The van der Waals surface area contributed by atoms with Gasteiger partial charge in [0.1, 0.15) is 11.9 Å². The number of nitrogens with one attached hydrogen (secondary N) is 1. The van der Waals surface area contributed by atoms with Crippen LogP contribution in [0.3, 0.4) is 0 Å². The van der Waals surface area contributed by atoms with Crippen LogP contribution in [-0.2, 0) is 6.54 Å². The molecule has 3 aromatic rings. The van der Waals surface area contributed by atoms with Crippen LogP contribution in [0.25, 0.3) is 0 Å². The second-order valence-electron chi connectivity index (χ2n) is 8.75. The molecule has 1 aliphatic heterocycles. The molecule has 1 amide bonds. The Morgan fingerprint density at radius 2 is 1.58 bits per heavy atom. The van der Waals surface area contributed by atoms with E-state index in [2.05, 4.69) is 57.6 Å². The molecule has 0 bridgehead atoms. The summed E-state index contributed by atoms with van der Waals surface area (Å²) >= 11 is 0. The van der Waals surface area contributed by atoms with Gasteiger partial charge in [0.15, 0.2) is 0 Å². The maximum absolute atomic E-state index is 12.3. The van der Waals surface area contributed by atoms with Crippen LogP contribution in [0.4, 0.5) is 5.69 Å². The Bertz CT molecular complexity index is 1010. The number of hydrogen-bond donors (Lipinski definition) is 1. The Morgan fingerprint density at radius 3 is 2.24 bits per heavy atom. The summed E-state index contributed by atoms with van der Waals surface area (Å²) in [6.45, 7) is 9.61. The predicted octanol–water partition coefficient (Wildman–Crippen LogP) is 4.51. The predicted molar refractivity (Wildman–Crippen MR) is 134 cm³/mol. The number of piperazine rings is 1. The number of carbonyl (C=O) groups is 1. The van der Waals surface area contributed by atoms with Gasteiger partial charge in [0.05, 0.1) is 6.54 Å². The van der Waals surface area contributed by atoms with Crippen molar-refractivity contribution >= 4 is 11.6 Å². The first-order chi connectivity index (χ1) is 16.1. The van der Waals surface area contributed by atoms with E-state index in [0.29, 0.717) is 12.1 Å². The van der Waals surface area contributed by atoms with Crippen molar-refractivity contribution in [2.45, 2.75) is 26.5 Å². The summed E-state index contributed by atoms with van der Waals surface area (Å²) in [4.78, 5) is 17.2. The number of para-hydroxylation sites is 1. The van der Waals surface area contributed by atoms with Gasteiger partial charge in [0.25, 0.3) is 5.91 Å². The highest BCUT2D eigenvalue weighted by Gasteiger charge is 2.17. The van der Waals surface area contributed by atoms with Crippen molar-refractivity contribution in [3.8, 4) is 5.75 Å². The zero-order chi connectivity index (χ0) is 23.0. The van der Waals surface area contributed by atoms with Crippen LogP contribution in [0.5, 0.6) is 5.75 Å². The smallest absolute Gasteiger partial charge is 0.251 e. The van der Waals surface area contributed by atoms with Crippen molar-refractivity contribution in [2.24, 2.45) is 0 Å². The number of nitrogens with zero attached hydrogens (tertiary/aromatic N) is 2.